The molecule has 2 aromatic rings. The molecule has 154 valence electrons. The standard InChI is InChI=1S/C23H29N3O2S/c27-19-13-23(9-4-11-25(16-23)15-20-24-10-12-29-20)22(28)26(14-17-7-8-17)21(19)18-5-2-1-3-6-18/h1-3,5-6,10,12,17,19,21,27H,4,7-9,11,13-16H2/t19-,21+,23-/m1/s1. The Morgan fingerprint density at radius 2 is 2.07 bits per heavy atom. The van der Waals surface area contributed by atoms with Crippen molar-refractivity contribution in [3.8, 4) is 0 Å². The van der Waals surface area contributed by atoms with Crippen molar-refractivity contribution in [2.45, 2.75) is 50.8 Å². The van der Waals surface area contributed by atoms with Gasteiger partial charge in [0.25, 0.3) is 0 Å². The maximum absolute atomic E-state index is 13.9. The van der Waals surface area contributed by atoms with E-state index in [4.69, 9.17) is 0 Å². The van der Waals surface area contributed by atoms with Crippen molar-refractivity contribution in [1.82, 2.24) is 14.8 Å². The molecule has 5 rings (SSSR count). The fraction of sp³-hybridized carbons (Fsp3) is 0.565. The largest absolute Gasteiger partial charge is 0.391 e. The number of carbonyl (C=O) groups excluding carboxylic acids is 1. The molecule has 6 heteroatoms. The lowest BCUT2D eigenvalue weighted by atomic mass is 9.69. The van der Waals surface area contributed by atoms with Crippen molar-refractivity contribution in [2.75, 3.05) is 19.6 Å². The average molecular weight is 412 g/mol. The Hall–Kier alpha value is -1.76. The first-order valence-corrected chi connectivity index (χ1v) is 11.7. The van der Waals surface area contributed by atoms with E-state index in [0.29, 0.717) is 12.3 Å². The number of hydrogen-bond donors (Lipinski definition) is 1. The highest BCUT2D eigenvalue weighted by Gasteiger charge is 2.53. The molecule has 2 aliphatic heterocycles. The molecule has 1 amide bonds. The predicted octanol–water partition coefficient (Wildman–Crippen LogP) is 3.47. The van der Waals surface area contributed by atoms with Gasteiger partial charge in [-0.25, -0.2) is 4.98 Å². The molecule has 1 aromatic carbocycles. The molecule has 3 atom stereocenters. The number of benzene rings is 1. The van der Waals surface area contributed by atoms with Gasteiger partial charge >= 0.3 is 0 Å². The number of aliphatic hydroxyl groups excluding tert-OH is 1. The van der Waals surface area contributed by atoms with Crippen LogP contribution in [0.2, 0.25) is 0 Å². The van der Waals surface area contributed by atoms with Crippen molar-refractivity contribution in [1.29, 1.82) is 0 Å². The summed E-state index contributed by atoms with van der Waals surface area (Å²) in [6.45, 7) is 3.30. The molecule has 3 aliphatic rings. The molecule has 29 heavy (non-hydrogen) atoms. The van der Waals surface area contributed by atoms with Gasteiger partial charge in [-0.15, -0.1) is 11.3 Å². The van der Waals surface area contributed by atoms with Crippen LogP contribution in [0.25, 0.3) is 0 Å². The Morgan fingerprint density at radius 3 is 2.79 bits per heavy atom. The van der Waals surface area contributed by atoms with E-state index in [1.807, 2.05) is 34.7 Å². The minimum absolute atomic E-state index is 0.218. The van der Waals surface area contributed by atoms with Gasteiger partial charge in [-0.2, -0.15) is 0 Å². The Labute approximate surface area is 176 Å². The third-order valence-corrected chi connectivity index (χ3v) is 7.57. The lowest BCUT2D eigenvalue weighted by Gasteiger charge is -2.52. The molecule has 1 aromatic heterocycles. The third kappa shape index (κ3) is 3.86. The maximum atomic E-state index is 13.9. The van der Waals surface area contributed by atoms with Crippen LogP contribution in [0.15, 0.2) is 41.9 Å². The molecule has 0 unspecified atom stereocenters. The van der Waals surface area contributed by atoms with E-state index in [1.165, 1.54) is 12.8 Å². The predicted molar refractivity (Wildman–Crippen MR) is 113 cm³/mol. The Balaban J connectivity index is 1.41. The number of likely N-dealkylation sites (tertiary alicyclic amines) is 2. The van der Waals surface area contributed by atoms with Crippen molar-refractivity contribution < 1.29 is 9.90 Å². The summed E-state index contributed by atoms with van der Waals surface area (Å²) in [4.78, 5) is 22.7. The van der Waals surface area contributed by atoms with Gasteiger partial charge in [0.1, 0.15) is 5.01 Å². The molecule has 1 saturated carbocycles. The van der Waals surface area contributed by atoms with Gasteiger partial charge in [-0.05, 0) is 50.1 Å². The molecule has 1 aliphatic carbocycles. The minimum atomic E-state index is -0.520. The van der Waals surface area contributed by atoms with Gasteiger partial charge < -0.3 is 10.0 Å². The second-order valence-corrected chi connectivity index (χ2v) is 10.0. The van der Waals surface area contributed by atoms with Crippen LogP contribution in [0.5, 0.6) is 0 Å². The monoisotopic (exact) mass is 411 g/mol. The fourth-order valence-corrected chi connectivity index (χ4v) is 5.95. The maximum Gasteiger partial charge on any atom is 0.230 e. The van der Waals surface area contributed by atoms with Gasteiger partial charge in [0.15, 0.2) is 0 Å². The zero-order chi connectivity index (χ0) is 19.8. The van der Waals surface area contributed by atoms with Gasteiger partial charge in [0.2, 0.25) is 5.91 Å². The van der Waals surface area contributed by atoms with Crippen molar-refractivity contribution in [3.63, 3.8) is 0 Å². The molecule has 3 heterocycles. The van der Waals surface area contributed by atoms with Gasteiger partial charge in [0.05, 0.1) is 24.1 Å². The summed E-state index contributed by atoms with van der Waals surface area (Å²) >= 11 is 1.67. The normalized spacial score (nSPS) is 30.8. The Morgan fingerprint density at radius 1 is 1.24 bits per heavy atom. The van der Waals surface area contributed by atoms with Crippen LogP contribution < -0.4 is 0 Å². The van der Waals surface area contributed by atoms with Crippen molar-refractivity contribution in [3.05, 3.63) is 52.5 Å². The van der Waals surface area contributed by atoms with E-state index < -0.39 is 11.5 Å². The fourth-order valence-electron chi connectivity index (χ4n) is 5.29. The highest BCUT2D eigenvalue weighted by molar-refractivity contribution is 7.09. The highest BCUT2D eigenvalue weighted by Crippen LogP contribution is 2.47. The van der Waals surface area contributed by atoms with Crippen molar-refractivity contribution >= 4 is 17.2 Å². The number of piperidine rings is 2. The number of hydrogen-bond acceptors (Lipinski definition) is 5. The van der Waals surface area contributed by atoms with Crippen LogP contribution in [0.1, 0.15) is 48.7 Å². The second-order valence-electron chi connectivity index (χ2n) is 9.05. The van der Waals surface area contributed by atoms with Gasteiger partial charge in [-0.1, -0.05) is 30.3 Å². The molecule has 0 bridgehead atoms. The molecule has 3 fully saturated rings. The first-order valence-electron chi connectivity index (χ1n) is 10.8. The molecule has 1 N–H and O–H groups in total. The van der Waals surface area contributed by atoms with Crippen LogP contribution in [-0.2, 0) is 11.3 Å². The molecule has 1 spiro atoms. The lowest BCUT2D eigenvalue weighted by molar-refractivity contribution is -0.165. The number of carbonyl (C=O) groups is 1. The van der Waals surface area contributed by atoms with Crippen LogP contribution in [0, 0.1) is 11.3 Å². The summed E-state index contributed by atoms with van der Waals surface area (Å²) in [5, 5.41) is 14.4. The van der Waals surface area contributed by atoms with Crippen LogP contribution in [0.3, 0.4) is 0 Å². The summed E-state index contributed by atoms with van der Waals surface area (Å²) in [5.74, 6) is 0.856. The van der Waals surface area contributed by atoms with Gasteiger partial charge in [0, 0.05) is 24.7 Å². The summed E-state index contributed by atoms with van der Waals surface area (Å²) < 4.78 is 0. The molecule has 2 saturated heterocycles. The summed E-state index contributed by atoms with van der Waals surface area (Å²) in [7, 11) is 0. The second kappa shape index (κ2) is 7.82. The first-order chi connectivity index (χ1) is 14.1. The number of amides is 1. The van der Waals surface area contributed by atoms with Gasteiger partial charge in [-0.3, -0.25) is 9.69 Å². The number of aromatic nitrogens is 1. The third-order valence-electron chi connectivity index (χ3n) is 6.81. The minimum Gasteiger partial charge on any atom is -0.391 e. The Kier molecular flexibility index (Phi) is 5.18. The molecule has 5 nitrogen and oxygen atoms in total. The molecule has 0 radical (unpaired) electrons. The zero-order valence-corrected chi connectivity index (χ0v) is 17.6. The van der Waals surface area contributed by atoms with E-state index in [1.54, 1.807) is 11.3 Å². The highest BCUT2D eigenvalue weighted by atomic mass is 32.1. The first kappa shape index (κ1) is 19.2. The van der Waals surface area contributed by atoms with Crippen LogP contribution >= 0.6 is 11.3 Å². The number of aliphatic hydroxyl groups is 1. The van der Waals surface area contributed by atoms with E-state index in [2.05, 4.69) is 22.0 Å². The van der Waals surface area contributed by atoms with E-state index in [-0.39, 0.29) is 11.9 Å². The Bertz CT molecular complexity index is 839. The smallest absolute Gasteiger partial charge is 0.230 e. The summed E-state index contributed by atoms with van der Waals surface area (Å²) in [6.07, 6.45) is 6.15. The lowest BCUT2D eigenvalue weighted by Crippen LogP contribution is -2.60. The number of thiazole rings is 1. The van der Waals surface area contributed by atoms with Crippen molar-refractivity contribution in [2.24, 2.45) is 11.3 Å². The molecular formula is C23H29N3O2S. The van der Waals surface area contributed by atoms with Crippen LogP contribution in [-0.4, -0.2) is 51.5 Å². The topological polar surface area (TPSA) is 56.7 Å². The summed E-state index contributed by atoms with van der Waals surface area (Å²) in [6, 6.07) is 9.88. The molecular weight excluding hydrogens is 382 g/mol. The quantitative estimate of drug-likeness (QED) is 0.819. The SMILES string of the molecule is O=C1N(CC2CC2)[C@@H](c2ccccc2)[C@H](O)C[C@@]12CCCN(Cc1nccs1)C2. The summed E-state index contributed by atoms with van der Waals surface area (Å²) in [5.41, 5.74) is 0.592. The van der Waals surface area contributed by atoms with E-state index in [9.17, 15) is 9.90 Å². The van der Waals surface area contributed by atoms with E-state index in [0.717, 1.165) is 49.6 Å². The number of rotatable bonds is 5. The van der Waals surface area contributed by atoms with Crippen LogP contribution in [0.4, 0.5) is 0 Å². The number of nitrogens with zero attached hydrogens (tertiary/aromatic N) is 3. The zero-order valence-electron chi connectivity index (χ0n) is 16.7. The van der Waals surface area contributed by atoms with E-state index >= 15 is 0 Å². The average Bonchev–Trinajstić information content (AvgIpc) is 3.40.